The van der Waals surface area contributed by atoms with E-state index >= 15 is 0 Å². The Kier molecular flexibility index (Phi) is 5.78. The minimum absolute atomic E-state index is 0.0333. The zero-order chi connectivity index (χ0) is 15.7. The van der Waals surface area contributed by atoms with Crippen LogP contribution in [0, 0.1) is 5.41 Å². The number of alkyl halides is 1. The monoisotopic (exact) mass is 357 g/mol. The summed E-state index contributed by atoms with van der Waals surface area (Å²) < 4.78 is 26.4. The van der Waals surface area contributed by atoms with Crippen molar-refractivity contribution in [1.82, 2.24) is 4.31 Å². The summed E-state index contributed by atoms with van der Waals surface area (Å²) in [7, 11) is -2.13. The van der Waals surface area contributed by atoms with Gasteiger partial charge in [-0.1, -0.05) is 44.0 Å². The highest BCUT2D eigenvalue weighted by Crippen LogP contribution is 2.32. The molecule has 20 heavy (non-hydrogen) atoms. The first-order chi connectivity index (χ1) is 8.99. The lowest BCUT2D eigenvalue weighted by molar-refractivity contribution is 0.311. The number of rotatable bonds is 4. The third kappa shape index (κ3) is 4.25. The summed E-state index contributed by atoms with van der Waals surface area (Å²) in [6.07, 6.45) is 0. The number of sulfonamides is 1. The van der Waals surface area contributed by atoms with Gasteiger partial charge in [0.25, 0.3) is 0 Å². The molecule has 0 bridgehead atoms. The lowest BCUT2D eigenvalue weighted by Crippen LogP contribution is -2.34. The van der Waals surface area contributed by atoms with Crippen molar-refractivity contribution >= 4 is 44.8 Å². The van der Waals surface area contributed by atoms with Gasteiger partial charge in [0, 0.05) is 24.5 Å². The molecule has 1 aromatic carbocycles. The van der Waals surface area contributed by atoms with Crippen LogP contribution in [0.15, 0.2) is 17.0 Å². The molecule has 0 aliphatic heterocycles. The van der Waals surface area contributed by atoms with E-state index in [1.165, 1.54) is 23.5 Å². The van der Waals surface area contributed by atoms with Crippen molar-refractivity contribution in [1.29, 1.82) is 0 Å². The molecule has 0 atom stereocenters. The molecule has 0 fully saturated rings. The number of hydrogen-bond donors (Lipinski definition) is 0. The minimum atomic E-state index is -3.67. The third-order valence-corrected chi connectivity index (χ3v) is 5.54. The summed E-state index contributed by atoms with van der Waals surface area (Å²) in [5.74, 6) is 0.126. The highest BCUT2D eigenvalue weighted by Gasteiger charge is 2.28. The predicted octanol–water partition coefficient (Wildman–Crippen LogP) is 4.40. The van der Waals surface area contributed by atoms with Crippen LogP contribution >= 0.6 is 34.8 Å². The molecule has 0 aromatic heterocycles. The normalized spacial score (nSPS) is 13.0. The lowest BCUT2D eigenvalue weighted by atomic mass is 9.97. The second kappa shape index (κ2) is 6.41. The van der Waals surface area contributed by atoms with Gasteiger partial charge in [-0.2, -0.15) is 0 Å². The Bertz CT molecular complexity index is 594. The van der Waals surface area contributed by atoms with Gasteiger partial charge in [-0.15, -0.1) is 11.6 Å². The molecule has 1 aromatic rings. The van der Waals surface area contributed by atoms with Gasteiger partial charge in [0.1, 0.15) is 4.90 Å². The average molecular weight is 359 g/mol. The van der Waals surface area contributed by atoms with E-state index in [1.807, 2.05) is 20.8 Å². The molecule has 0 amide bonds. The van der Waals surface area contributed by atoms with Gasteiger partial charge < -0.3 is 0 Å². The Hall–Kier alpha value is -0.000000000000000111. The number of halogens is 3. The highest BCUT2D eigenvalue weighted by molar-refractivity contribution is 7.89. The molecule has 0 spiro atoms. The topological polar surface area (TPSA) is 37.4 Å². The maximum Gasteiger partial charge on any atom is 0.244 e. The first-order valence-corrected chi connectivity index (χ1v) is 8.72. The first-order valence-electron chi connectivity index (χ1n) is 5.99. The van der Waals surface area contributed by atoms with Crippen molar-refractivity contribution in [3.05, 3.63) is 27.7 Å². The molecule has 0 radical (unpaired) electrons. The summed E-state index contributed by atoms with van der Waals surface area (Å²) in [5.41, 5.74) is 0.385. The van der Waals surface area contributed by atoms with Crippen LogP contribution in [-0.4, -0.2) is 26.3 Å². The zero-order valence-corrected chi connectivity index (χ0v) is 15.0. The smallest absolute Gasteiger partial charge is 0.207 e. The summed E-state index contributed by atoms with van der Waals surface area (Å²) in [4.78, 5) is 0.0333. The van der Waals surface area contributed by atoms with Crippen LogP contribution in [0.25, 0.3) is 0 Å². The Balaban J connectivity index is 3.29. The first kappa shape index (κ1) is 18.1. The standard InChI is InChI=1S/C13H18Cl3NO2S/c1-13(2,3)8-17(4)20(18,19)12-5-9(7-14)10(15)6-11(12)16/h5-6H,7-8H2,1-4H3. The van der Waals surface area contributed by atoms with Crippen molar-refractivity contribution in [3.63, 3.8) is 0 Å². The SMILES string of the molecule is CN(CC(C)(C)C)S(=O)(=O)c1cc(CCl)c(Cl)cc1Cl. The van der Waals surface area contributed by atoms with E-state index in [9.17, 15) is 8.42 Å². The van der Waals surface area contributed by atoms with Gasteiger partial charge >= 0.3 is 0 Å². The molecular weight excluding hydrogens is 341 g/mol. The predicted molar refractivity (Wildman–Crippen MR) is 85.3 cm³/mol. The molecule has 7 heteroatoms. The summed E-state index contributed by atoms with van der Waals surface area (Å²) in [6.45, 7) is 6.27. The van der Waals surface area contributed by atoms with Gasteiger partial charge in [-0.25, -0.2) is 12.7 Å². The van der Waals surface area contributed by atoms with Crippen molar-refractivity contribution in [3.8, 4) is 0 Å². The van der Waals surface area contributed by atoms with Crippen LogP contribution in [0.1, 0.15) is 26.3 Å². The van der Waals surface area contributed by atoms with Crippen molar-refractivity contribution in [2.45, 2.75) is 31.5 Å². The highest BCUT2D eigenvalue weighted by atomic mass is 35.5. The third-order valence-electron chi connectivity index (χ3n) is 2.63. The number of benzene rings is 1. The molecule has 0 saturated heterocycles. The van der Waals surface area contributed by atoms with Crippen LogP contribution in [0.4, 0.5) is 0 Å². The lowest BCUT2D eigenvalue weighted by Gasteiger charge is -2.26. The Morgan fingerprint density at radius 1 is 1.15 bits per heavy atom. The fourth-order valence-corrected chi connectivity index (χ4v) is 4.31. The Morgan fingerprint density at radius 3 is 2.15 bits per heavy atom. The maximum atomic E-state index is 12.6. The van der Waals surface area contributed by atoms with Crippen LogP contribution < -0.4 is 0 Å². The molecule has 3 nitrogen and oxygen atoms in total. The van der Waals surface area contributed by atoms with E-state index in [0.29, 0.717) is 17.1 Å². The largest absolute Gasteiger partial charge is 0.244 e. The average Bonchev–Trinajstić information content (AvgIpc) is 2.26. The molecule has 0 aliphatic rings. The van der Waals surface area contributed by atoms with Crippen molar-refractivity contribution in [2.24, 2.45) is 5.41 Å². The summed E-state index contributed by atoms with van der Waals surface area (Å²) >= 11 is 17.7. The Morgan fingerprint density at radius 2 is 1.70 bits per heavy atom. The molecule has 0 N–H and O–H groups in total. The number of nitrogens with zero attached hydrogens (tertiary/aromatic N) is 1. The van der Waals surface area contributed by atoms with E-state index < -0.39 is 10.0 Å². The summed E-state index contributed by atoms with van der Waals surface area (Å²) in [5, 5.41) is 0.465. The van der Waals surface area contributed by atoms with Crippen LogP contribution in [0.3, 0.4) is 0 Å². The van der Waals surface area contributed by atoms with Gasteiger partial charge in [0.05, 0.1) is 5.02 Å². The van der Waals surface area contributed by atoms with Crippen LogP contribution in [0.5, 0.6) is 0 Å². The van der Waals surface area contributed by atoms with Crippen LogP contribution in [-0.2, 0) is 15.9 Å². The van der Waals surface area contributed by atoms with Gasteiger partial charge in [-0.05, 0) is 23.1 Å². The molecule has 114 valence electrons. The molecule has 0 unspecified atom stereocenters. The molecule has 0 saturated carbocycles. The van der Waals surface area contributed by atoms with Crippen molar-refractivity contribution < 1.29 is 8.42 Å². The number of hydrogen-bond acceptors (Lipinski definition) is 2. The molecular formula is C13H18Cl3NO2S. The van der Waals surface area contributed by atoms with Crippen molar-refractivity contribution in [2.75, 3.05) is 13.6 Å². The Labute approximate surface area is 135 Å². The van der Waals surface area contributed by atoms with E-state index in [-0.39, 0.29) is 21.2 Å². The fraction of sp³-hybridized carbons (Fsp3) is 0.538. The fourth-order valence-electron chi connectivity index (χ4n) is 1.79. The van der Waals surface area contributed by atoms with E-state index in [0.717, 1.165) is 0 Å². The van der Waals surface area contributed by atoms with Gasteiger partial charge in [-0.3, -0.25) is 0 Å². The maximum absolute atomic E-state index is 12.6. The second-order valence-electron chi connectivity index (χ2n) is 5.83. The summed E-state index contributed by atoms with van der Waals surface area (Å²) in [6, 6.07) is 2.85. The van der Waals surface area contributed by atoms with E-state index in [2.05, 4.69) is 0 Å². The second-order valence-corrected chi connectivity index (χ2v) is 8.92. The molecule has 1 rings (SSSR count). The quantitative estimate of drug-likeness (QED) is 0.748. The zero-order valence-electron chi connectivity index (χ0n) is 11.9. The van der Waals surface area contributed by atoms with E-state index in [1.54, 1.807) is 0 Å². The molecule has 0 heterocycles. The molecule has 0 aliphatic carbocycles. The van der Waals surface area contributed by atoms with Gasteiger partial charge in [0.15, 0.2) is 0 Å². The van der Waals surface area contributed by atoms with Gasteiger partial charge in [0.2, 0.25) is 10.0 Å². The van der Waals surface area contributed by atoms with E-state index in [4.69, 9.17) is 34.8 Å². The van der Waals surface area contributed by atoms with Crippen LogP contribution in [0.2, 0.25) is 10.0 Å². The minimum Gasteiger partial charge on any atom is -0.207 e.